The molecule has 0 atom stereocenters. The first kappa shape index (κ1) is 11.2. The number of nitrogens with zero attached hydrogens (tertiary/aromatic N) is 3. The second-order valence-corrected chi connectivity index (χ2v) is 5.55. The van der Waals surface area contributed by atoms with Crippen molar-refractivity contribution in [1.29, 1.82) is 0 Å². The Labute approximate surface area is 112 Å². The molecule has 1 aliphatic heterocycles. The van der Waals surface area contributed by atoms with Crippen LogP contribution in [0.4, 0.5) is 5.82 Å². The Morgan fingerprint density at radius 3 is 2.63 bits per heavy atom. The highest BCUT2D eigenvalue weighted by atomic mass is 15.2. The highest BCUT2D eigenvalue weighted by Crippen LogP contribution is 2.39. The molecule has 0 bridgehead atoms. The van der Waals surface area contributed by atoms with E-state index in [2.05, 4.69) is 34.5 Å². The van der Waals surface area contributed by atoms with Gasteiger partial charge in [0.15, 0.2) is 0 Å². The molecule has 2 heterocycles. The number of piperazine rings is 1. The van der Waals surface area contributed by atoms with Crippen molar-refractivity contribution in [3.63, 3.8) is 0 Å². The van der Waals surface area contributed by atoms with Crippen LogP contribution in [0.25, 0.3) is 10.9 Å². The van der Waals surface area contributed by atoms with E-state index in [1.807, 2.05) is 0 Å². The van der Waals surface area contributed by atoms with Crippen molar-refractivity contribution in [3.05, 3.63) is 30.1 Å². The number of nitrogens with two attached hydrogens (primary N) is 1. The number of benzene rings is 1. The van der Waals surface area contributed by atoms with Crippen molar-refractivity contribution in [2.45, 2.75) is 18.8 Å². The van der Waals surface area contributed by atoms with Gasteiger partial charge in [0.2, 0.25) is 0 Å². The zero-order valence-electron chi connectivity index (χ0n) is 11.0. The van der Waals surface area contributed by atoms with E-state index in [1.165, 1.54) is 18.2 Å². The Balaban J connectivity index is 1.85. The number of para-hydroxylation sites is 1. The van der Waals surface area contributed by atoms with E-state index in [9.17, 15) is 0 Å². The summed E-state index contributed by atoms with van der Waals surface area (Å²) in [6.07, 6.45) is 2.51. The van der Waals surface area contributed by atoms with Crippen LogP contribution in [0.5, 0.6) is 0 Å². The molecule has 1 aromatic heterocycles. The summed E-state index contributed by atoms with van der Waals surface area (Å²) < 4.78 is 0. The van der Waals surface area contributed by atoms with E-state index in [1.54, 1.807) is 0 Å². The molecule has 1 aromatic carbocycles. The van der Waals surface area contributed by atoms with Crippen LogP contribution in [0.2, 0.25) is 0 Å². The van der Waals surface area contributed by atoms with Crippen molar-refractivity contribution < 1.29 is 5.32 Å². The van der Waals surface area contributed by atoms with E-state index >= 15 is 0 Å². The summed E-state index contributed by atoms with van der Waals surface area (Å²) in [6, 6.07) is 8.42. The van der Waals surface area contributed by atoms with Crippen LogP contribution in [-0.4, -0.2) is 36.1 Å². The number of hydrogen-bond donors (Lipinski definition) is 1. The highest BCUT2D eigenvalue weighted by molar-refractivity contribution is 5.89. The molecule has 2 fully saturated rings. The van der Waals surface area contributed by atoms with E-state index in [4.69, 9.17) is 9.97 Å². The third kappa shape index (κ3) is 2.06. The summed E-state index contributed by atoms with van der Waals surface area (Å²) in [5.74, 6) is 2.82. The predicted octanol–water partition coefficient (Wildman–Crippen LogP) is 0.891. The normalized spacial score (nSPS) is 19.9. The molecule has 2 aliphatic rings. The van der Waals surface area contributed by atoms with Crippen LogP contribution in [0.3, 0.4) is 0 Å². The van der Waals surface area contributed by atoms with Gasteiger partial charge in [-0.05, 0) is 25.0 Å². The van der Waals surface area contributed by atoms with Gasteiger partial charge in [0.05, 0.1) is 31.7 Å². The zero-order chi connectivity index (χ0) is 12.7. The van der Waals surface area contributed by atoms with Crippen molar-refractivity contribution in [2.75, 3.05) is 31.1 Å². The molecule has 98 valence electrons. The van der Waals surface area contributed by atoms with Crippen LogP contribution >= 0.6 is 0 Å². The average Bonchev–Trinajstić information content (AvgIpc) is 3.32. The number of anilines is 1. The maximum absolute atomic E-state index is 4.89. The van der Waals surface area contributed by atoms with Crippen molar-refractivity contribution in [2.24, 2.45) is 0 Å². The van der Waals surface area contributed by atoms with Crippen molar-refractivity contribution in [1.82, 2.24) is 9.97 Å². The van der Waals surface area contributed by atoms with Gasteiger partial charge >= 0.3 is 0 Å². The van der Waals surface area contributed by atoms with Gasteiger partial charge < -0.3 is 10.2 Å². The molecule has 0 radical (unpaired) electrons. The third-order valence-electron chi connectivity index (χ3n) is 4.05. The molecule has 1 saturated carbocycles. The van der Waals surface area contributed by atoms with Gasteiger partial charge in [-0.1, -0.05) is 12.1 Å². The van der Waals surface area contributed by atoms with Gasteiger partial charge in [0, 0.05) is 11.3 Å². The Morgan fingerprint density at radius 2 is 1.84 bits per heavy atom. The molecule has 4 rings (SSSR count). The first-order chi connectivity index (χ1) is 9.42. The lowest BCUT2D eigenvalue weighted by molar-refractivity contribution is -0.655. The largest absolute Gasteiger partial charge is 0.345 e. The van der Waals surface area contributed by atoms with Gasteiger partial charge in [-0.25, -0.2) is 9.97 Å². The van der Waals surface area contributed by atoms with Crippen LogP contribution in [0.15, 0.2) is 24.3 Å². The molecule has 4 heteroatoms. The van der Waals surface area contributed by atoms with Gasteiger partial charge in [-0.2, -0.15) is 0 Å². The fraction of sp³-hybridized carbons (Fsp3) is 0.467. The fourth-order valence-corrected chi connectivity index (χ4v) is 2.80. The molecule has 0 amide bonds. The minimum absolute atomic E-state index is 0.611. The van der Waals surface area contributed by atoms with Crippen molar-refractivity contribution >= 4 is 16.7 Å². The maximum Gasteiger partial charge on any atom is 0.140 e. The Morgan fingerprint density at radius 1 is 1.05 bits per heavy atom. The smallest absolute Gasteiger partial charge is 0.140 e. The number of rotatable bonds is 2. The Hall–Kier alpha value is -1.68. The minimum atomic E-state index is 0.611. The number of aromatic nitrogens is 2. The SMILES string of the molecule is c1ccc2c(N3CC[NH2+]CC3)nc(C3CC3)nc2c1. The van der Waals surface area contributed by atoms with E-state index < -0.39 is 0 Å². The summed E-state index contributed by atoms with van der Waals surface area (Å²) in [6.45, 7) is 4.50. The molecule has 1 saturated heterocycles. The van der Waals surface area contributed by atoms with Crippen LogP contribution in [0, 0.1) is 0 Å². The maximum atomic E-state index is 4.89. The lowest BCUT2D eigenvalue weighted by Gasteiger charge is -2.27. The Bertz CT molecular complexity index is 600. The monoisotopic (exact) mass is 255 g/mol. The lowest BCUT2D eigenvalue weighted by atomic mass is 10.2. The molecule has 0 spiro atoms. The van der Waals surface area contributed by atoms with Gasteiger partial charge in [0.25, 0.3) is 0 Å². The molecule has 1 aliphatic carbocycles. The van der Waals surface area contributed by atoms with Crippen LogP contribution in [0.1, 0.15) is 24.6 Å². The number of quaternary nitrogens is 1. The second-order valence-electron chi connectivity index (χ2n) is 5.55. The van der Waals surface area contributed by atoms with Gasteiger partial charge in [-0.3, -0.25) is 0 Å². The summed E-state index contributed by atoms with van der Waals surface area (Å²) in [5.41, 5.74) is 1.10. The molecule has 19 heavy (non-hydrogen) atoms. The summed E-state index contributed by atoms with van der Waals surface area (Å²) in [4.78, 5) is 12.1. The zero-order valence-corrected chi connectivity index (χ0v) is 11.0. The van der Waals surface area contributed by atoms with Gasteiger partial charge in [0.1, 0.15) is 11.6 Å². The summed E-state index contributed by atoms with van der Waals surface area (Å²) in [7, 11) is 0. The minimum Gasteiger partial charge on any atom is -0.345 e. The summed E-state index contributed by atoms with van der Waals surface area (Å²) in [5, 5.41) is 3.58. The number of hydrogen-bond acceptors (Lipinski definition) is 3. The lowest BCUT2D eigenvalue weighted by Crippen LogP contribution is -2.89. The van der Waals surface area contributed by atoms with Crippen LogP contribution < -0.4 is 10.2 Å². The van der Waals surface area contributed by atoms with Crippen molar-refractivity contribution in [3.8, 4) is 0 Å². The molecule has 2 N–H and O–H groups in total. The first-order valence-electron chi connectivity index (χ1n) is 7.25. The predicted molar refractivity (Wildman–Crippen MR) is 75.4 cm³/mol. The third-order valence-corrected chi connectivity index (χ3v) is 4.05. The molecular weight excluding hydrogens is 236 g/mol. The second kappa shape index (κ2) is 4.46. The summed E-state index contributed by atoms with van der Waals surface area (Å²) >= 11 is 0. The molecule has 0 unspecified atom stereocenters. The van der Waals surface area contributed by atoms with E-state index in [0.717, 1.165) is 43.3 Å². The van der Waals surface area contributed by atoms with E-state index in [-0.39, 0.29) is 0 Å². The standard InChI is InChI=1S/C15H18N4/c1-2-4-13-12(3-1)15(19-9-7-16-8-10-19)18-14(17-13)11-5-6-11/h1-4,11,16H,5-10H2/p+1. The number of fused-ring (bicyclic) bond motifs is 1. The van der Waals surface area contributed by atoms with E-state index in [0.29, 0.717) is 5.92 Å². The quantitative estimate of drug-likeness (QED) is 0.867. The fourth-order valence-electron chi connectivity index (χ4n) is 2.80. The Kier molecular flexibility index (Phi) is 2.62. The molecular formula is C15H19N4+. The molecule has 4 nitrogen and oxygen atoms in total. The topological polar surface area (TPSA) is 45.6 Å². The molecule has 2 aromatic rings. The first-order valence-corrected chi connectivity index (χ1v) is 7.25. The average molecular weight is 255 g/mol. The van der Waals surface area contributed by atoms with Crippen LogP contribution in [-0.2, 0) is 0 Å². The highest BCUT2D eigenvalue weighted by Gasteiger charge is 2.28. The van der Waals surface area contributed by atoms with Gasteiger partial charge in [-0.15, -0.1) is 0 Å².